The van der Waals surface area contributed by atoms with E-state index in [1.54, 1.807) is 17.4 Å². The summed E-state index contributed by atoms with van der Waals surface area (Å²) in [6.07, 6.45) is 3.44. The summed E-state index contributed by atoms with van der Waals surface area (Å²) < 4.78 is 14.0. The van der Waals surface area contributed by atoms with Crippen LogP contribution in [0.2, 0.25) is 0 Å². The molecule has 2 aromatic rings. The third-order valence-corrected chi connectivity index (χ3v) is 6.51. The third-order valence-electron chi connectivity index (χ3n) is 5.56. The third kappa shape index (κ3) is 4.80. The van der Waals surface area contributed by atoms with Gasteiger partial charge in [-0.2, -0.15) is 0 Å². The molecule has 0 unspecified atom stereocenters. The van der Waals surface area contributed by atoms with Gasteiger partial charge in [-0.15, -0.1) is 11.3 Å². The zero-order chi connectivity index (χ0) is 20.1. The van der Waals surface area contributed by atoms with Crippen LogP contribution in [0, 0.1) is 5.82 Å². The number of piperazine rings is 1. The Balaban J connectivity index is 1.24. The van der Waals surface area contributed by atoms with E-state index in [0.29, 0.717) is 5.69 Å². The molecule has 0 saturated carbocycles. The number of guanidine groups is 1. The number of nitrogens with zero attached hydrogens (tertiary/aromatic N) is 5. The predicted octanol–water partition coefficient (Wildman–Crippen LogP) is 2.82. The highest BCUT2D eigenvalue weighted by atomic mass is 32.1. The molecule has 0 aliphatic carbocycles. The molecule has 1 aromatic carbocycles. The van der Waals surface area contributed by atoms with Crippen molar-refractivity contribution in [2.24, 2.45) is 4.99 Å². The highest BCUT2D eigenvalue weighted by Crippen LogP contribution is 2.24. The molecule has 2 aliphatic heterocycles. The van der Waals surface area contributed by atoms with Crippen molar-refractivity contribution in [3.8, 4) is 0 Å². The van der Waals surface area contributed by atoms with Gasteiger partial charge in [0.1, 0.15) is 5.82 Å². The van der Waals surface area contributed by atoms with Crippen molar-refractivity contribution < 1.29 is 4.39 Å². The van der Waals surface area contributed by atoms with Gasteiger partial charge in [-0.1, -0.05) is 12.1 Å². The Morgan fingerprint density at radius 2 is 1.86 bits per heavy atom. The van der Waals surface area contributed by atoms with Crippen molar-refractivity contribution in [1.82, 2.24) is 15.2 Å². The molecule has 2 fully saturated rings. The van der Waals surface area contributed by atoms with Crippen LogP contribution in [0.5, 0.6) is 0 Å². The Kier molecular flexibility index (Phi) is 6.49. The minimum absolute atomic E-state index is 0.153. The number of aromatic nitrogens is 1. The Morgan fingerprint density at radius 3 is 2.59 bits per heavy atom. The number of para-hydroxylation sites is 1. The fourth-order valence-electron chi connectivity index (χ4n) is 3.97. The molecule has 29 heavy (non-hydrogen) atoms. The first kappa shape index (κ1) is 19.9. The van der Waals surface area contributed by atoms with Gasteiger partial charge in [0.05, 0.1) is 11.4 Å². The summed E-state index contributed by atoms with van der Waals surface area (Å²) in [6.45, 7) is 6.30. The van der Waals surface area contributed by atoms with Crippen LogP contribution >= 0.6 is 11.3 Å². The molecular formula is C21H29FN6S. The summed E-state index contributed by atoms with van der Waals surface area (Å²) in [5, 5.41) is 6.80. The number of hydrogen-bond donors (Lipinski definition) is 1. The van der Waals surface area contributed by atoms with Gasteiger partial charge in [0, 0.05) is 64.7 Å². The van der Waals surface area contributed by atoms with Crippen molar-refractivity contribution in [1.29, 1.82) is 0 Å². The summed E-state index contributed by atoms with van der Waals surface area (Å²) in [6, 6.07) is 6.99. The molecule has 2 saturated heterocycles. The molecule has 4 rings (SSSR count). The topological polar surface area (TPSA) is 47.0 Å². The van der Waals surface area contributed by atoms with E-state index in [0.717, 1.165) is 69.0 Å². The van der Waals surface area contributed by atoms with Crippen LogP contribution in [0.4, 0.5) is 15.2 Å². The molecular weight excluding hydrogens is 387 g/mol. The van der Waals surface area contributed by atoms with E-state index in [9.17, 15) is 4.39 Å². The Hall–Kier alpha value is -2.35. The molecule has 156 valence electrons. The molecule has 0 spiro atoms. The maximum atomic E-state index is 14.0. The first-order valence-electron chi connectivity index (χ1n) is 10.4. The van der Waals surface area contributed by atoms with Gasteiger partial charge in [0.15, 0.2) is 11.1 Å². The summed E-state index contributed by atoms with van der Waals surface area (Å²) in [4.78, 5) is 16.0. The first-order chi connectivity index (χ1) is 14.2. The fourth-order valence-corrected chi connectivity index (χ4v) is 4.88. The molecule has 0 bridgehead atoms. The maximum absolute atomic E-state index is 14.0. The zero-order valence-corrected chi connectivity index (χ0v) is 17.8. The molecule has 0 radical (unpaired) electrons. The SMILES string of the molecule is CN=C(NCCc1csc(N2CCCC2)n1)N1CCN(c2ccccc2F)CC1. The molecule has 8 heteroatoms. The first-order valence-corrected chi connectivity index (χ1v) is 11.3. The van der Waals surface area contributed by atoms with Crippen molar-refractivity contribution in [3.63, 3.8) is 0 Å². The van der Waals surface area contributed by atoms with Crippen LogP contribution in [-0.4, -0.2) is 68.7 Å². The van der Waals surface area contributed by atoms with Gasteiger partial charge in [0.25, 0.3) is 0 Å². The van der Waals surface area contributed by atoms with Gasteiger partial charge >= 0.3 is 0 Å². The second-order valence-corrected chi connectivity index (χ2v) is 8.30. The van der Waals surface area contributed by atoms with E-state index in [-0.39, 0.29) is 5.82 Å². The van der Waals surface area contributed by atoms with Crippen LogP contribution in [0.15, 0.2) is 34.6 Å². The Morgan fingerprint density at radius 1 is 1.10 bits per heavy atom. The van der Waals surface area contributed by atoms with Gasteiger partial charge in [-0.05, 0) is 25.0 Å². The lowest BCUT2D eigenvalue weighted by molar-refractivity contribution is 0.371. The standard InChI is InChI=1S/C21H29FN6S/c1-23-20(24-9-8-17-16-29-21(25-17)28-10-4-5-11-28)27-14-12-26(13-15-27)19-7-3-2-6-18(19)22/h2-3,6-7,16H,4-5,8-15H2,1H3,(H,23,24). The van der Waals surface area contributed by atoms with E-state index in [1.807, 2.05) is 19.2 Å². The molecule has 6 nitrogen and oxygen atoms in total. The van der Waals surface area contributed by atoms with Crippen molar-refractivity contribution in [3.05, 3.63) is 41.2 Å². The number of benzene rings is 1. The number of nitrogens with one attached hydrogen (secondary N) is 1. The number of halogens is 1. The summed E-state index contributed by atoms with van der Waals surface area (Å²) in [7, 11) is 1.82. The molecule has 0 atom stereocenters. The number of anilines is 2. The molecule has 0 amide bonds. The molecule has 2 aliphatic rings. The van der Waals surface area contributed by atoms with Gasteiger partial charge in [-0.3, -0.25) is 4.99 Å². The van der Waals surface area contributed by atoms with Crippen LogP contribution < -0.4 is 15.1 Å². The average molecular weight is 417 g/mol. The highest BCUT2D eigenvalue weighted by molar-refractivity contribution is 7.13. The zero-order valence-electron chi connectivity index (χ0n) is 17.0. The monoisotopic (exact) mass is 416 g/mol. The lowest BCUT2D eigenvalue weighted by Gasteiger charge is -2.37. The van der Waals surface area contributed by atoms with E-state index in [4.69, 9.17) is 4.98 Å². The minimum atomic E-state index is -0.153. The highest BCUT2D eigenvalue weighted by Gasteiger charge is 2.21. The number of rotatable bonds is 5. The smallest absolute Gasteiger partial charge is 0.193 e. The van der Waals surface area contributed by atoms with Gasteiger partial charge in [-0.25, -0.2) is 9.37 Å². The summed E-state index contributed by atoms with van der Waals surface area (Å²) in [5.74, 6) is 0.758. The second kappa shape index (κ2) is 9.43. The minimum Gasteiger partial charge on any atom is -0.366 e. The number of thiazole rings is 1. The summed E-state index contributed by atoms with van der Waals surface area (Å²) >= 11 is 1.75. The largest absolute Gasteiger partial charge is 0.366 e. The van der Waals surface area contributed by atoms with E-state index in [2.05, 4.69) is 30.4 Å². The molecule has 1 aromatic heterocycles. The second-order valence-electron chi connectivity index (χ2n) is 7.47. The van der Waals surface area contributed by atoms with Crippen LogP contribution in [-0.2, 0) is 6.42 Å². The maximum Gasteiger partial charge on any atom is 0.193 e. The van der Waals surface area contributed by atoms with Crippen LogP contribution in [0.3, 0.4) is 0 Å². The predicted molar refractivity (Wildman–Crippen MR) is 119 cm³/mol. The Bertz CT molecular complexity index is 824. The Labute approximate surface area is 176 Å². The van der Waals surface area contributed by atoms with Crippen molar-refractivity contribution in [2.45, 2.75) is 19.3 Å². The fraction of sp³-hybridized carbons (Fsp3) is 0.524. The van der Waals surface area contributed by atoms with Crippen molar-refractivity contribution >= 4 is 28.1 Å². The van der Waals surface area contributed by atoms with Crippen LogP contribution in [0.25, 0.3) is 0 Å². The van der Waals surface area contributed by atoms with E-state index < -0.39 is 0 Å². The number of aliphatic imine (C=N–C) groups is 1. The van der Waals surface area contributed by atoms with Crippen LogP contribution in [0.1, 0.15) is 18.5 Å². The molecule has 3 heterocycles. The normalized spacial score (nSPS) is 17.9. The van der Waals surface area contributed by atoms with Gasteiger partial charge < -0.3 is 20.0 Å². The van der Waals surface area contributed by atoms with Gasteiger partial charge in [0.2, 0.25) is 0 Å². The quantitative estimate of drug-likeness (QED) is 0.600. The lowest BCUT2D eigenvalue weighted by Crippen LogP contribution is -2.53. The number of hydrogen-bond acceptors (Lipinski definition) is 5. The summed E-state index contributed by atoms with van der Waals surface area (Å²) in [5.41, 5.74) is 1.83. The van der Waals surface area contributed by atoms with E-state index >= 15 is 0 Å². The lowest BCUT2D eigenvalue weighted by atomic mass is 10.2. The van der Waals surface area contributed by atoms with Crippen molar-refractivity contribution in [2.75, 3.05) is 62.7 Å². The average Bonchev–Trinajstić information content (AvgIpc) is 3.44. The molecule has 1 N–H and O–H groups in total. The van der Waals surface area contributed by atoms with E-state index in [1.165, 1.54) is 18.9 Å².